The molecule has 0 aliphatic carbocycles. The summed E-state index contributed by atoms with van der Waals surface area (Å²) < 4.78 is 8.29. The molecular formula is C15H27N3O. The molecule has 4 nitrogen and oxygen atoms in total. The summed E-state index contributed by atoms with van der Waals surface area (Å²) in [4.78, 5) is 4.31. The molecule has 0 saturated carbocycles. The Balaban J connectivity index is 2.07. The molecule has 0 radical (unpaired) electrons. The number of nitrogens with one attached hydrogen (secondary N) is 1. The Kier molecular flexibility index (Phi) is 5.40. The van der Waals surface area contributed by atoms with Crippen molar-refractivity contribution in [2.24, 2.45) is 5.92 Å². The van der Waals surface area contributed by atoms with E-state index in [0.717, 1.165) is 19.7 Å². The predicted octanol–water partition coefficient (Wildman–Crippen LogP) is 2.93. The van der Waals surface area contributed by atoms with Crippen LogP contribution < -0.4 is 5.32 Å². The molecule has 2 heterocycles. The molecule has 1 aromatic heterocycles. The van der Waals surface area contributed by atoms with Crippen molar-refractivity contribution in [3.05, 3.63) is 18.2 Å². The number of nitrogens with zero attached hydrogens (tertiary/aromatic N) is 2. The molecule has 19 heavy (non-hydrogen) atoms. The molecule has 0 aromatic carbocycles. The lowest BCUT2D eigenvalue weighted by Crippen LogP contribution is -2.33. The third kappa shape index (κ3) is 3.57. The largest absolute Gasteiger partial charge is 0.372 e. The van der Waals surface area contributed by atoms with Gasteiger partial charge in [0.1, 0.15) is 6.10 Å². The molecule has 0 spiro atoms. The van der Waals surface area contributed by atoms with Crippen molar-refractivity contribution >= 4 is 0 Å². The number of hydrogen-bond acceptors (Lipinski definition) is 3. The van der Waals surface area contributed by atoms with E-state index in [1.54, 1.807) is 0 Å². The van der Waals surface area contributed by atoms with Crippen LogP contribution in [0.15, 0.2) is 12.5 Å². The molecule has 1 fully saturated rings. The third-order valence-corrected chi connectivity index (χ3v) is 3.82. The van der Waals surface area contributed by atoms with Gasteiger partial charge < -0.3 is 14.6 Å². The molecule has 1 aliphatic heterocycles. The van der Waals surface area contributed by atoms with E-state index in [1.165, 1.54) is 25.0 Å². The number of imidazole rings is 1. The fraction of sp³-hybridized carbons (Fsp3) is 0.800. The smallest absolute Gasteiger partial charge is 0.103 e. The normalized spacial score (nSPS) is 24.0. The predicted molar refractivity (Wildman–Crippen MR) is 77.2 cm³/mol. The Morgan fingerprint density at radius 1 is 1.53 bits per heavy atom. The summed E-state index contributed by atoms with van der Waals surface area (Å²) in [5.41, 5.74) is 1.23. The average molecular weight is 265 g/mol. The molecule has 0 bridgehead atoms. The van der Waals surface area contributed by atoms with Crippen LogP contribution in [0.5, 0.6) is 0 Å². The maximum Gasteiger partial charge on any atom is 0.103 e. The van der Waals surface area contributed by atoms with E-state index in [-0.39, 0.29) is 6.10 Å². The zero-order valence-corrected chi connectivity index (χ0v) is 12.4. The van der Waals surface area contributed by atoms with Crippen molar-refractivity contribution in [3.63, 3.8) is 0 Å². The molecule has 2 atom stereocenters. The van der Waals surface area contributed by atoms with Crippen LogP contribution in [-0.2, 0) is 4.74 Å². The van der Waals surface area contributed by atoms with Crippen LogP contribution in [0.3, 0.4) is 0 Å². The first kappa shape index (κ1) is 14.5. The lowest BCUT2D eigenvalue weighted by molar-refractivity contribution is -0.0325. The molecule has 1 N–H and O–H groups in total. The maximum atomic E-state index is 6.06. The fourth-order valence-corrected chi connectivity index (χ4v) is 2.81. The van der Waals surface area contributed by atoms with Gasteiger partial charge in [-0.3, -0.25) is 0 Å². The van der Waals surface area contributed by atoms with Gasteiger partial charge in [-0.2, -0.15) is 0 Å². The Hall–Kier alpha value is -0.870. The SMILES string of the molecule is CCCNCC1CCCOC1c1cncn1C(C)C. The molecule has 1 aromatic rings. The zero-order valence-electron chi connectivity index (χ0n) is 12.4. The first-order valence-electron chi connectivity index (χ1n) is 7.58. The van der Waals surface area contributed by atoms with E-state index in [9.17, 15) is 0 Å². The van der Waals surface area contributed by atoms with Gasteiger partial charge in [-0.15, -0.1) is 0 Å². The zero-order chi connectivity index (χ0) is 13.7. The Labute approximate surface area is 116 Å². The fourth-order valence-electron chi connectivity index (χ4n) is 2.81. The molecule has 0 amide bonds. The minimum Gasteiger partial charge on any atom is -0.372 e. The minimum atomic E-state index is 0.197. The van der Waals surface area contributed by atoms with Gasteiger partial charge >= 0.3 is 0 Å². The third-order valence-electron chi connectivity index (χ3n) is 3.82. The first-order valence-corrected chi connectivity index (χ1v) is 7.58. The van der Waals surface area contributed by atoms with E-state index in [2.05, 4.69) is 35.6 Å². The number of ether oxygens (including phenoxy) is 1. The molecule has 2 rings (SSSR count). The van der Waals surface area contributed by atoms with Gasteiger partial charge in [-0.25, -0.2) is 4.98 Å². The van der Waals surface area contributed by atoms with Gasteiger partial charge in [-0.05, 0) is 39.7 Å². The molecule has 2 unspecified atom stereocenters. The van der Waals surface area contributed by atoms with E-state index in [1.807, 2.05) is 12.5 Å². The Bertz CT molecular complexity index is 375. The first-order chi connectivity index (χ1) is 9.24. The van der Waals surface area contributed by atoms with Crippen LogP contribution in [0.1, 0.15) is 57.9 Å². The highest BCUT2D eigenvalue weighted by Gasteiger charge is 2.29. The number of aromatic nitrogens is 2. The highest BCUT2D eigenvalue weighted by atomic mass is 16.5. The molecule has 4 heteroatoms. The second-order valence-corrected chi connectivity index (χ2v) is 5.72. The topological polar surface area (TPSA) is 39.1 Å². The highest BCUT2D eigenvalue weighted by Crippen LogP contribution is 2.34. The maximum absolute atomic E-state index is 6.06. The van der Waals surface area contributed by atoms with Crippen LogP contribution in [0.25, 0.3) is 0 Å². The van der Waals surface area contributed by atoms with Crippen molar-refractivity contribution in [1.29, 1.82) is 0 Å². The molecule has 1 saturated heterocycles. The standard InChI is InChI=1S/C15H27N3O/c1-4-7-16-9-13-6-5-8-19-15(13)14-10-17-11-18(14)12(2)3/h10-13,15-16H,4-9H2,1-3H3. The van der Waals surface area contributed by atoms with E-state index in [4.69, 9.17) is 4.74 Å². The van der Waals surface area contributed by atoms with Crippen molar-refractivity contribution in [3.8, 4) is 0 Å². The summed E-state index contributed by atoms with van der Waals surface area (Å²) in [7, 11) is 0. The monoisotopic (exact) mass is 265 g/mol. The van der Waals surface area contributed by atoms with Gasteiger partial charge in [0.15, 0.2) is 0 Å². The number of hydrogen-bond donors (Lipinski definition) is 1. The Morgan fingerprint density at radius 2 is 2.37 bits per heavy atom. The van der Waals surface area contributed by atoms with E-state index in [0.29, 0.717) is 12.0 Å². The van der Waals surface area contributed by atoms with Crippen molar-refractivity contribution in [2.75, 3.05) is 19.7 Å². The van der Waals surface area contributed by atoms with Crippen LogP contribution >= 0.6 is 0 Å². The molecule has 1 aliphatic rings. The summed E-state index contributed by atoms with van der Waals surface area (Å²) in [5.74, 6) is 0.564. The van der Waals surface area contributed by atoms with Crippen molar-refractivity contribution in [1.82, 2.24) is 14.9 Å². The van der Waals surface area contributed by atoms with Gasteiger partial charge in [-0.1, -0.05) is 6.92 Å². The van der Waals surface area contributed by atoms with Crippen LogP contribution in [0, 0.1) is 5.92 Å². The highest BCUT2D eigenvalue weighted by molar-refractivity contribution is 5.07. The second kappa shape index (κ2) is 7.06. The minimum absolute atomic E-state index is 0.197. The lowest BCUT2D eigenvalue weighted by Gasteiger charge is -2.33. The molecule has 108 valence electrons. The summed E-state index contributed by atoms with van der Waals surface area (Å²) in [6.45, 7) is 9.60. The van der Waals surface area contributed by atoms with Crippen LogP contribution in [-0.4, -0.2) is 29.2 Å². The van der Waals surface area contributed by atoms with Gasteiger partial charge in [0, 0.05) is 25.1 Å². The second-order valence-electron chi connectivity index (χ2n) is 5.72. The lowest BCUT2D eigenvalue weighted by atomic mass is 9.92. The van der Waals surface area contributed by atoms with Gasteiger partial charge in [0.2, 0.25) is 0 Å². The van der Waals surface area contributed by atoms with Crippen LogP contribution in [0.2, 0.25) is 0 Å². The van der Waals surface area contributed by atoms with Crippen LogP contribution in [0.4, 0.5) is 0 Å². The quantitative estimate of drug-likeness (QED) is 0.804. The van der Waals surface area contributed by atoms with Gasteiger partial charge in [0.05, 0.1) is 18.2 Å². The van der Waals surface area contributed by atoms with Crippen molar-refractivity contribution < 1.29 is 4.74 Å². The van der Waals surface area contributed by atoms with Crippen molar-refractivity contribution in [2.45, 2.75) is 52.2 Å². The summed E-state index contributed by atoms with van der Waals surface area (Å²) >= 11 is 0. The summed E-state index contributed by atoms with van der Waals surface area (Å²) in [6, 6.07) is 0.437. The van der Waals surface area contributed by atoms with E-state index >= 15 is 0 Å². The number of rotatable bonds is 6. The van der Waals surface area contributed by atoms with E-state index < -0.39 is 0 Å². The summed E-state index contributed by atoms with van der Waals surface area (Å²) in [6.07, 6.45) is 7.69. The Morgan fingerprint density at radius 3 is 3.11 bits per heavy atom. The average Bonchev–Trinajstić information content (AvgIpc) is 2.89. The van der Waals surface area contributed by atoms with Gasteiger partial charge in [0.25, 0.3) is 0 Å². The molecular weight excluding hydrogens is 238 g/mol. The summed E-state index contributed by atoms with van der Waals surface area (Å²) in [5, 5.41) is 3.54.